The van der Waals surface area contributed by atoms with Gasteiger partial charge < -0.3 is 16.2 Å². The van der Waals surface area contributed by atoms with Gasteiger partial charge in [-0.25, -0.2) is 0 Å². The van der Waals surface area contributed by atoms with Gasteiger partial charge in [-0.3, -0.25) is 9.89 Å². The summed E-state index contributed by atoms with van der Waals surface area (Å²) < 4.78 is 0. The van der Waals surface area contributed by atoms with E-state index in [0.717, 1.165) is 0 Å². The van der Waals surface area contributed by atoms with Crippen LogP contribution in [-0.4, -0.2) is 32.9 Å². The van der Waals surface area contributed by atoms with Crippen LogP contribution >= 0.6 is 0 Å². The highest BCUT2D eigenvalue weighted by atomic mass is 16.3. The Labute approximate surface area is 94.2 Å². The largest absolute Gasteiger partial charge is 0.395 e. The lowest BCUT2D eigenvalue weighted by Crippen LogP contribution is -2.51. The molecule has 1 atom stereocenters. The second-order valence-electron chi connectivity index (χ2n) is 4.46. The molecule has 1 heterocycles. The van der Waals surface area contributed by atoms with Crippen LogP contribution in [0.3, 0.4) is 0 Å². The van der Waals surface area contributed by atoms with Crippen molar-refractivity contribution < 1.29 is 9.90 Å². The fourth-order valence-corrected chi connectivity index (χ4v) is 1.07. The molecule has 5 N–H and O–H groups in total. The standard InChI is InChI=1S/C10H18N4O2/c1-5-7(11)8(14-13-5)9(16)12-10(3,4)6(2)15/h6,15H,11H2,1-4H3,(H,12,16)(H,13,14). The molecule has 0 saturated carbocycles. The summed E-state index contributed by atoms with van der Waals surface area (Å²) in [6.07, 6.45) is -0.669. The molecule has 0 aliphatic rings. The molecule has 0 aliphatic heterocycles. The Balaban J connectivity index is 2.85. The number of rotatable bonds is 3. The van der Waals surface area contributed by atoms with Gasteiger partial charge in [0.2, 0.25) is 0 Å². The summed E-state index contributed by atoms with van der Waals surface area (Å²) in [5.41, 5.74) is 6.10. The number of hydrogen-bond donors (Lipinski definition) is 4. The molecule has 0 spiro atoms. The average molecular weight is 226 g/mol. The number of aryl methyl sites for hydroxylation is 1. The number of nitrogen functional groups attached to an aromatic ring is 1. The Morgan fingerprint density at radius 2 is 2.19 bits per heavy atom. The minimum atomic E-state index is -0.726. The van der Waals surface area contributed by atoms with Crippen LogP contribution in [0.25, 0.3) is 0 Å². The van der Waals surface area contributed by atoms with Gasteiger partial charge in [0.1, 0.15) is 0 Å². The smallest absolute Gasteiger partial charge is 0.274 e. The van der Waals surface area contributed by atoms with Gasteiger partial charge in [0.15, 0.2) is 5.69 Å². The van der Waals surface area contributed by atoms with Crippen LogP contribution in [0.5, 0.6) is 0 Å². The van der Waals surface area contributed by atoms with E-state index in [2.05, 4.69) is 15.5 Å². The maximum atomic E-state index is 11.8. The van der Waals surface area contributed by atoms with Crippen molar-refractivity contribution >= 4 is 11.6 Å². The van der Waals surface area contributed by atoms with Crippen LogP contribution in [0.2, 0.25) is 0 Å². The number of aromatic nitrogens is 2. The van der Waals surface area contributed by atoms with Crippen LogP contribution in [0, 0.1) is 6.92 Å². The second kappa shape index (κ2) is 4.13. The Morgan fingerprint density at radius 1 is 1.62 bits per heavy atom. The van der Waals surface area contributed by atoms with Gasteiger partial charge in [-0.15, -0.1) is 0 Å². The fourth-order valence-electron chi connectivity index (χ4n) is 1.07. The normalized spacial score (nSPS) is 13.6. The molecule has 1 rings (SSSR count). The first-order valence-electron chi connectivity index (χ1n) is 5.06. The Bertz CT molecular complexity index is 396. The van der Waals surface area contributed by atoms with Gasteiger partial charge in [-0.2, -0.15) is 5.10 Å². The quantitative estimate of drug-likeness (QED) is 0.590. The molecule has 0 saturated heterocycles. The number of H-pyrrole nitrogens is 1. The van der Waals surface area contributed by atoms with Crippen LogP contribution in [0.15, 0.2) is 0 Å². The molecule has 0 radical (unpaired) electrons. The molecule has 1 aromatic rings. The highest BCUT2D eigenvalue weighted by molar-refractivity contribution is 5.98. The van der Waals surface area contributed by atoms with Crippen molar-refractivity contribution in [2.24, 2.45) is 0 Å². The Hall–Kier alpha value is -1.56. The van der Waals surface area contributed by atoms with Crippen molar-refractivity contribution in [1.29, 1.82) is 0 Å². The molecule has 6 nitrogen and oxygen atoms in total. The zero-order valence-corrected chi connectivity index (χ0v) is 9.96. The zero-order chi connectivity index (χ0) is 12.5. The number of nitrogens with one attached hydrogen (secondary N) is 2. The van der Waals surface area contributed by atoms with Gasteiger partial charge in [-0.1, -0.05) is 0 Å². The lowest BCUT2D eigenvalue weighted by atomic mass is 9.98. The third kappa shape index (κ3) is 2.33. The van der Waals surface area contributed by atoms with E-state index in [1.165, 1.54) is 0 Å². The maximum Gasteiger partial charge on any atom is 0.274 e. The third-order valence-electron chi connectivity index (χ3n) is 2.69. The number of carbonyl (C=O) groups excluding carboxylic acids is 1. The summed E-state index contributed by atoms with van der Waals surface area (Å²) in [5.74, 6) is -0.396. The van der Waals surface area contributed by atoms with Crippen LogP contribution in [-0.2, 0) is 0 Å². The lowest BCUT2D eigenvalue weighted by molar-refractivity contribution is 0.0706. The van der Waals surface area contributed by atoms with E-state index in [4.69, 9.17) is 5.73 Å². The van der Waals surface area contributed by atoms with E-state index >= 15 is 0 Å². The second-order valence-corrected chi connectivity index (χ2v) is 4.46. The van der Waals surface area contributed by atoms with Gasteiger partial charge >= 0.3 is 0 Å². The van der Waals surface area contributed by atoms with Crippen LogP contribution in [0.4, 0.5) is 5.69 Å². The molecule has 0 aromatic carbocycles. The summed E-state index contributed by atoms with van der Waals surface area (Å²) >= 11 is 0. The zero-order valence-electron chi connectivity index (χ0n) is 9.96. The number of amides is 1. The Morgan fingerprint density at radius 3 is 2.56 bits per heavy atom. The van der Waals surface area contributed by atoms with E-state index in [9.17, 15) is 9.90 Å². The summed E-state index contributed by atoms with van der Waals surface area (Å²) in [5, 5.41) is 18.6. The summed E-state index contributed by atoms with van der Waals surface area (Å²) in [7, 11) is 0. The van der Waals surface area contributed by atoms with E-state index in [1.807, 2.05) is 0 Å². The van der Waals surface area contributed by atoms with Gasteiger partial charge in [0.25, 0.3) is 5.91 Å². The van der Waals surface area contributed by atoms with Gasteiger partial charge in [0.05, 0.1) is 23.0 Å². The third-order valence-corrected chi connectivity index (χ3v) is 2.69. The number of nitrogens with two attached hydrogens (primary N) is 1. The van der Waals surface area contributed by atoms with Crippen molar-refractivity contribution in [3.63, 3.8) is 0 Å². The fraction of sp³-hybridized carbons (Fsp3) is 0.600. The van der Waals surface area contributed by atoms with Crippen molar-refractivity contribution in [2.75, 3.05) is 5.73 Å². The van der Waals surface area contributed by atoms with E-state index in [1.54, 1.807) is 27.7 Å². The summed E-state index contributed by atoms with van der Waals surface area (Å²) in [4.78, 5) is 11.8. The highest BCUT2D eigenvalue weighted by Crippen LogP contribution is 2.15. The number of aliphatic hydroxyl groups is 1. The number of aliphatic hydroxyl groups excluding tert-OH is 1. The Kier molecular flexibility index (Phi) is 3.23. The predicted molar refractivity (Wildman–Crippen MR) is 61.0 cm³/mol. The number of hydrogen-bond acceptors (Lipinski definition) is 4. The number of carbonyl (C=O) groups is 1. The number of nitrogens with zero attached hydrogens (tertiary/aromatic N) is 1. The first kappa shape index (κ1) is 12.5. The first-order valence-corrected chi connectivity index (χ1v) is 5.06. The molecule has 6 heteroatoms. The molecule has 90 valence electrons. The van der Waals surface area contributed by atoms with Crippen molar-refractivity contribution in [2.45, 2.75) is 39.3 Å². The molecule has 0 bridgehead atoms. The molecular formula is C10H18N4O2. The first-order chi connectivity index (χ1) is 7.25. The highest BCUT2D eigenvalue weighted by Gasteiger charge is 2.28. The summed E-state index contributed by atoms with van der Waals surface area (Å²) in [6, 6.07) is 0. The van der Waals surface area contributed by atoms with E-state index in [0.29, 0.717) is 11.4 Å². The molecule has 1 aromatic heterocycles. The molecular weight excluding hydrogens is 208 g/mol. The maximum absolute atomic E-state index is 11.8. The predicted octanol–water partition coefficient (Wildman–Crippen LogP) is 0.190. The van der Waals surface area contributed by atoms with Gasteiger partial charge in [0, 0.05) is 0 Å². The monoisotopic (exact) mass is 226 g/mol. The van der Waals surface area contributed by atoms with Crippen LogP contribution in [0.1, 0.15) is 37.0 Å². The SMILES string of the molecule is Cc1[nH]nc(C(=O)NC(C)(C)C(C)O)c1N. The van der Waals surface area contributed by atoms with Crippen molar-refractivity contribution in [1.82, 2.24) is 15.5 Å². The van der Waals surface area contributed by atoms with Crippen molar-refractivity contribution in [3.8, 4) is 0 Å². The minimum absolute atomic E-state index is 0.159. The topological polar surface area (TPSA) is 104 Å². The molecule has 0 aliphatic carbocycles. The number of anilines is 1. The molecule has 0 fully saturated rings. The summed E-state index contributed by atoms with van der Waals surface area (Å²) in [6.45, 7) is 6.80. The lowest BCUT2D eigenvalue weighted by Gasteiger charge is -2.28. The van der Waals surface area contributed by atoms with E-state index in [-0.39, 0.29) is 5.69 Å². The molecule has 1 amide bonds. The average Bonchev–Trinajstić information content (AvgIpc) is 2.46. The van der Waals surface area contributed by atoms with E-state index < -0.39 is 17.6 Å². The van der Waals surface area contributed by atoms with Crippen molar-refractivity contribution in [3.05, 3.63) is 11.4 Å². The molecule has 16 heavy (non-hydrogen) atoms. The van der Waals surface area contributed by atoms with Gasteiger partial charge in [-0.05, 0) is 27.7 Å². The van der Waals surface area contributed by atoms with Crippen LogP contribution < -0.4 is 11.1 Å². The minimum Gasteiger partial charge on any atom is -0.395 e. The number of aromatic amines is 1. The molecule has 1 unspecified atom stereocenters.